The highest BCUT2D eigenvalue weighted by Gasteiger charge is 2.24. The summed E-state index contributed by atoms with van der Waals surface area (Å²) in [6.45, 7) is 8.39. The Kier molecular flexibility index (Phi) is 5.74. The lowest BCUT2D eigenvalue weighted by molar-refractivity contribution is -0.140. The Labute approximate surface area is 90.5 Å². The largest absolute Gasteiger partial charge is 0.480 e. The molecule has 0 spiro atoms. The Bertz CT molecular complexity index is 225. The standard InChI is InChI=1S/C10H20N2O3/c1-5-12(6-2)10(15)11-8(7(3)4)9(13)14/h7-8H,5-6H2,1-4H3,(H,11,15)(H,13,14)/t8-/m1/s1. The summed E-state index contributed by atoms with van der Waals surface area (Å²) in [7, 11) is 0. The molecule has 88 valence electrons. The van der Waals surface area contributed by atoms with Crippen molar-refractivity contribution in [2.24, 2.45) is 5.92 Å². The number of hydrogen-bond donors (Lipinski definition) is 2. The van der Waals surface area contributed by atoms with Crippen LogP contribution in [0.3, 0.4) is 0 Å². The molecule has 0 saturated carbocycles. The van der Waals surface area contributed by atoms with Gasteiger partial charge in [-0.05, 0) is 19.8 Å². The highest BCUT2D eigenvalue weighted by Crippen LogP contribution is 2.02. The third-order valence-corrected chi connectivity index (χ3v) is 2.26. The van der Waals surface area contributed by atoms with Gasteiger partial charge in [0.25, 0.3) is 0 Å². The summed E-state index contributed by atoms with van der Waals surface area (Å²) in [4.78, 5) is 24.0. The van der Waals surface area contributed by atoms with Crippen molar-refractivity contribution in [3.05, 3.63) is 0 Å². The maximum atomic E-state index is 11.6. The van der Waals surface area contributed by atoms with Gasteiger partial charge in [0.2, 0.25) is 0 Å². The normalized spacial score (nSPS) is 12.3. The number of carbonyl (C=O) groups is 2. The van der Waals surface area contributed by atoms with E-state index in [2.05, 4.69) is 5.32 Å². The van der Waals surface area contributed by atoms with Crippen LogP contribution in [0, 0.1) is 5.92 Å². The Morgan fingerprint density at radius 2 is 1.73 bits per heavy atom. The Morgan fingerprint density at radius 3 is 2.00 bits per heavy atom. The van der Waals surface area contributed by atoms with E-state index < -0.39 is 12.0 Å². The van der Waals surface area contributed by atoms with Gasteiger partial charge in [-0.3, -0.25) is 0 Å². The lowest BCUT2D eigenvalue weighted by atomic mass is 10.1. The molecule has 0 saturated heterocycles. The van der Waals surface area contributed by atoms with Gasteiger partial charge in [0.1, 0.15) is 6.04 Å². The molecule has 0 aromatic heterocycles. The second kappa shape index (κ2) is 6.27. The van der Waals surface area contributed by atoms with Crippen molar-refractivity contribution < 1.29 is 14.7 Å². The van der Waals surface area contributed by atoms with Crippen LogP contribution in [0.2, 0.25) is 0 Å². The molecule has 1 atom stereocenters. The van der Waals surface area contributed by atoms with E-state index in [1.165, 1.54) is 0 Å². The van der Waals surface area contributed by atoms with Crippen molar-refractivity contribution in [1.29, 1.82) is 0 Å². The first-order valence-electron chi connectivity index (χ1n) is 5.22. The molecule has 0 bridgehead atoms. The average molecular weight is 216 g/mol. The van der Waals surface area contributed by atoms with Crippen molar-refractivity contribution in [2.75, 3.05) is 13.1 Å². The van der Waals surface area contributed by atoms with E-state index in [-0.39, 0.29) is 11.9 Å². The fourth-order valence-electron chi connectivity index (χ4n) is 1.25. The fourth-order valence-corrected chi connectivity index (χ4v) is 1.25. The predicted octanol–water partition coefficient (Wildman–Crippen LogP) is 1.15. The minimum absolute atomic E-state index is 0.123. The first kappa shape index (κ1) is 13.7. The van der Waals surface area contributed by atoms with Gasteiger partial charge < -0.3 is 15.3 Å². The molecule has 15 heavy (non-hydrogen) atoms. The van der Waals surface area contributed by atoms with E-state index in [0.29, 0.717) is 13.1 Å². The number of aliphatic carboxylic acids is 1. The number of amides is 2. The van der Waals surface area contributed by atoms with Gasteiger partial charge in [0, 0.05) is 13.1 Å². The Balaban J connectivity index is 4.41. The number of nitrogens with one attached hydrogen (secondary N) is 1. The third-order valence-electron chi connectivity index (χ3n) is 2.26. The molecule has 0 fully saturated rings. The van der Waals surface area contributed by atoms with Crippen molar-refractivity contribution in [1.82, 2.24) is 10.2 Å². The monoisotopic (exact) mass is 216 g/mol. The SMILES string of the molecule is CCN(CC)C(=O)N[C@@H](C(=O)O)C(C)C. The van der Waals surface area contributed by atoms with Crippen LogP contribution in [-0.4, -0.2) is 41.1 Å². The van der Waals surface area contributed by atoms with Gasteiger partial charge in [-0.25, -0.2) is 9.59 Å². The van der Waals surface area contributed by atoms with Crippen molar-refractivity contribution >= 4 is 12.0 Å². The number of hydrogen-bond acceptors (Lipinski definition) is 2. The third kappa shape index (κ3) is 4.18. The van der Waals surface area contributed by atoms with Gasteiger partial charge in [0.15, 0.2) is 0 Å². The lowest BCUT2D eigenvalue weighted by Crippen LogP contribution is -2.50. The highest BCUT2D eigenvalue weighted by molar-refractivity contribution is 5.82. The number of carboxylic acids is 1. The molecule has 0 unspecified atom stereocenters. The molecule has 5 heteroatoms. The summed E-state index contributed by atoms with van der Waals surface area (Å²) < 4.78 is 0. The van der Waals surface area contributed by atoms with Crippen LogP contribution >= 0.6 is 0 Å². The zero-order chi connectivity index (χ0) is 12.0. The van der Waals surface area contributed by atoms with Crippen LogP contribution in [0.15, 0.2) is 0 Å². The zero-order valence-corrected chi connectivity index (χ0v) is 9.78. The number of carbonyl (C=O) groups excluding carboxylic acids is 1. The summed E-state index contributed by atoms with van der Waals surface area (Å²) in [5.41, 5.74) is 0. The molecule has 0 aromatic rings. The van der Waals surface area contributed by atoms with E-state index in [9.17, 15) is 9.59 Å². The molecule has 2 amide bonds. The first-order chi connectivity index (χ1) is 6.93. The number of urea groups is 1. The fraction of sp³-hybridized carbons (Fsp3) is 0.800. The van der Waals surface area contributed by atoms with Gasteiger partial charge in [-0.15, -0.1) is 0 Å². The number of rotatable bonds is 5. The predicted molar refractivity (Wildman–Crippen MR) is 57.7 cm³/mol. The second-order valence-corrected chi connectivity index (χ2v) is 3.68. The summed E-state index contributed by atoms with van der Waals surface area (Å²) >= 11 is 0. The van der Waals surface area contributed by atoms with E-state index in [1.54, 1.807) is 18.7 Å². The Morgan fingerprint density at radius 1 is 1.27 bits per heavy atom. The molecule has 5 nitrogen and oxygen atoms in total. The van der Waals surface area contributed by atoms with Crippen molar-refractivity contribution in [3.8, 4) is 0 Å². The van der Waals surface area contributed by atoms with Crippen molar-refractivity contribution in [2.45, 2.75) is 33.7 Å². The Hall–Kier alpha value is -1.26. The molecule has 0 rings (SSSR count). The van der Waals surface area contributed by atoms with E-state index in [1.807, 2.05) is 13.8 Å². The van der Waals surface area contributed by atoms with Gasteiger partial charge in [0.05, 0.1) is 0 Å². The molecule has 0 aromatic carbocycles. The molecule has 0 aliphatic heterocycles. The maximum Gasteiger partial charge on any atom is 0.326 e. The van der Waals surface area contributed by atoms with Crippen LogP contribution in [-0.2, 0) is 4.79 Å². The van der Waals surface area contributed by atoms with Crippen molar-refractivity contribution in [3.63, 3.8) is 0 Å². The zero-order valence-electron chi connectivity index (χ0n) is 9.78. The van der Waals surface area contributed by atoms with Crippen LogP contribution < -0.4 is 5.32 Å². The highest BCUT2D eigenvalue weighted by atomic mass is 16.4. The van der Waals surface area contributed by atoms with E-state index >= 15 is 0 Å². The topological polar surface area (TPSA) is 69.6 Å². The molecule has 2 N–H and O–H groups in total. The smallest absolute Gasteiger partial charge is 0.326 e. The molecule has 0 heterocycles. The van der Waals surface area contributed by atoms with Crippen LogP contribution in [0.4, 0.5) is 4.79 Å². The average Bonchev–Trinajstić information content (AvgIpc) is 2.15. The minimum atomic E-state index is -0.995. The summed E-state index contributed by atoms with van der Waals surface area (Å²) in [6, 6.07) is -1.14. The van der Waals surface area contributed by atoms with Gasteiger partial charge in [-0.1, -0.05) is 13.8 Å². The van der Waals surface area contributed by atoms with Crippen LogP contribution in [0.1, 0.15) is 27.7 Å². The van der Waals surface area contributed by atoms with Crippen LogP contribution in [0.25, 0.3) is 0 Å². The maximum absolute atomic E-state index is 11.6. The number of nitrogens with zero attached hydrogens (tertiary/aromatic N) is 1. The molecule has 0 aliphatic carbocycles. The number of carboxylic acid groups (broad SMARTS) is 1. The molecule has 0 aliphatic rings. The van der Waals surface area contributed by atoms with Gasteiger partial charge >= 0.3 is 12.0 Å². The lowest BCUT2D eigenvalue weighted by Gasteiger charge is -2.24. The summed E-state index contributed by atoms with van der Waals surface area (Å²) in [6.07, 6.45) is 0. The van der Waals surface area contributed by atoms with E-state index in [0.717, 1.165) is 0 Å². The van der Waals surface area contributed by atoms with Gasteiger partial charge in [-0.2, -0.15) is 0 Å². The van der Waals surface area contributed by atoms with E-state index in [4.69, 9.17) is 5.11 Å². The quantitative estimate of drug-likeness (QED) is 0.724. The summed E-state index contributed by atoms with van der Waals surface area (Å²) in [5, 5.41) is 11.4. The van der Waals surface area contributed by atoms with Crippen LogP contribution in [0.5, 0.6) is 0 Å². The first-order valence-corrected chi connectivity index (χ1v) is 5.22. The minimum Gasteiger partial charge on any atom is -0.480 e. The molecule has 0 radical (unpaired) electrons. The second-order valence-electron chi connectivity index (χ2n) is 3.68. The molecular formula is C10H20N2O3. The summed E-state index contributed by atoms with van der Waals surface area (Å²) in [5.74, 6) is -1.12. The molecular weight excluding hydrogens is 196 g/mol.